The summed E-state index contributed by atoms with van der Waals surface area (Å²) in [6.45, 7) is -0.874. The van der Waals surface area contributed by atoms with Crippen molar-refractivity contribution in [2.75, 3.05) is 6.61 Å². The molecule has 0 spiro atoms. The van der Waals surface area contributed by atoms with E-state index in [2.05, 4.69) is 0 Å². The minimum absolute atomic E-state index is 0.0973. The Bertz CT molecular complexity index is 928. The standard InChI is InChI=1S/C17H14ClFO5S/c18-11-4-6-13(7-5-11)25(23,24)15-14(17(15,9-20)16(21)22)10-2-1-3-12(19)8-10/h1-8,14-15,20H,9H2,(H,21,22)/t14-,15+,17+/m1/s1. The van der Waals surface area contributed by atoms with Crippen molar-refractivity contribution in [3.63, 3.8) is 0 Å². The maximum absolute atomic E-state index is 13.5. The quantitative estimate of drug-likeness (QED) is 0.826. The van der Waals surface area contributed by atoms with Gasteiger partial charge >= 0.3 is 5.97 Å². The van der Waals surface area contributed by atoms with Crippen LogP contribution in [0.15, 0.2) is 53.4 Å². The van der Waals surface area contributed by atoms with E-state index < -0.39 is 44.8 Å². The van der Waals surface area contributed by atoms with Gasteiger partial charge in [-0.1, -0.05) is 23.7 Å². The molecule has 132 valence electrons. The van der Waals surface area contributed by atoms with E-state index >= 15 is 0 Å². The fraction of sp³-hybridized carbons (Fsp3) is 0.235. The molecule has 0 aliphatic heterocycles. The van der Waals surface area contributed by atoms with E-state index in [9.17, 15) is 27.8 Å². The number of halogens is 2. The van der Waals surface area contributed by atoms with Crippen molar-refractivity contribution >= 4 is 27.4 Å². The Kier molecular flexibility index (Phi) is 4.35. The number of aliphatic carboxylic acids is 1. The predicted molar refractivity (Wildman–Crippen MR) is 88.7 cm³/mol. The third kappa shape index (κ3) is 2.72. The highest BCUT2D eigenvalue weighted by Crippen LogP contribution is 2.64. The van der Waals surface area contributed by atoms with E-state index in [1.807, 2.05) is 0 Å². The van der Waals surface area contributed by atoms with Crippen molar-refractivity contribution in [1.29, 1.82) is 0 Å². The summed E-state index contributed by atoms with van der Waals surface area (Å²) in [6.07, 6.45) is 0. The van der Waals surface area contributed by atoms with E-state index in [0.717, 1.165) is 6.07 Å². The van der Waals surface area contributed by atoms with E-state index in [0.29, 0.717) is 5.02 Å². The molecule has 0 unspecified atom stereocenters. The fourth-order valence-corrected chi connectivity index (χ4v) is 5.80. The zero-order chi connectivity index (χ0) is 18.4. The second kappa shape index (κ2) is 6.09. The Hall–Kier alpha value is -1.96. The van der Waals surface area contributed by atoms with Gasteiger partial charge in [0, 0.05) is 10.9 Å². The molecule has 3 rings (SSSR count). The van der Waals surface area contributed by atoms with Gasteiger partial charge in [0.05, 0.1) is 16.8 Å². The number of benzene rings is 2. The molecule has 2 aromatic rings. The van der Waals surface area contributed by atoms with Crippen molar-refractivity contribution < 1.29 is 27.8 Å². The number of carboxylic acid groups (broad SMARTS) is 1. The van der Waals surface area contributed by atoms with Crippen LogP contribution in [0, 0.1) is 11.2 Å². The predicted octanol–water partition coefficient (Wildman–Crippen LogP) is 2.48. The Balaban J connectivity index is 2.12. The molecular formula is C17H14ClFO5S. The van der Waals surface area contributed by atoms with Crippen LogP contribution in [-0.4, -0.2) is 36.5 Å². The molecule has 1 fully saturated rings. The van der Waals surface area contributed by atoms with Crippen LogP contribution in [0.25, 0.3) is 0 Å². The van der Waals surface area contributed by atoms with E-state index in [-0.39, 0.29) is 10.5 Å². The number of carboxylic acids is 1. The van der Waals surface area contributed by atoms with Crippen LogP contribution in [0.1, 0.15) is 11.5 Å². The SMILES string of the molecule is O=C(O)[C@@]1(CO)[C@H](c2cccc(F)c2)[C@@H]1S(=O)(=O)c1ccc(Cl)cc1. The number of rotatable bonds is 5. The summed E-state index contributed by atoms with van der Waals surface area (Å²) in [7, 11) is -4.08. The van der Waals surface area contributed by atoms with Crippen LogP contribution >= 0.6 is 11.6 Å². The summed E-state index contributed by atoms with van der Waals surface area (Å²) in [4.78, 5) is 11.7. The molecule has 0 bridgehead atoms. The molecule has 5 nitrogen and oxygen atoms in total. The molecule has 3 atom stereocenters. The maximum atomic E-state index is 13.5. The largest absolute Gasteiger partial charge is 0.481 e. The summed E-state index contributed by atoms with van der Waals surface area (Å²) in [5.41, 5.74) is -1.69. The van der Waals surface area contributed by atoms with Gasteiger partial charge in [-0.05, 0) is 42.0 Å². The second-order valence-corrected chi connectivity index (χ2v) is 8.46. The van der Waals surface area contributed by atoms with Crippen molar-refractivity contribution in [2.24, 2.45) is 5.41 Å². The lowest BCUT2D eigenvalue weighted by Gasteiger charge is -2.09. The highest BCUT2D eigenvalue weighted by molar-refractivity contribution is 7.92. The van der Waals surface area contributed by atoms with Crippen LogP contribution in [0.4, 0.5) is 4.39 Å². The highest BCUT2D eigenvalue weighted by atomic mass is 35.5. The molecule has 1 aliphatic carbocycles. The minimum Gasteiger partial charge on any atom is -0.481 e. The number of hydrogen-bond donors (Lipinski definition) is 2. The maximum Gasteiger partial charge on any atom is 0.314 e. The Morgan fingerprint density at radius 3 is 2.36 bits per heavy atom. The van der Waals surface area contributed by atoms with Crippen molar-refractivity contribution in [3.8, 4) is 0 Å². The topological polar surface area (TPSA) is 91.7 Å². The first-order valence-corrected chi connectivity index (χ1v) is 9.27. The first-order valence-electron chi connectivity index (χ1n) is 7.34. The second-order valence-electron chi connectivity index (χ2n) is 5.96. The lowest BCUT2D eigenvalue weighted by molar-refractivity contribution is -0.145. The van der Waals surface area contributed by atoms with Crippen LogP contribution in [0.3, 0.4) is 0 Å². The Labute approximate surface area is 148 Å². The van der Waals surface area contributed by atoms with Gasteiger partial charge in [-0.25, -0.2) is 12.8 Å². The zero-order valence-corrected chi connectivity index (χ0v) is 14.3. The molecule has 0 radical (unpaired) electrons. The van der Waals surface area contributed by atoms with Gasteiger partial charge in [0.25, 0.3) is 0 Å². The van der Waals surface area contributed by atoms with Gasteiger partial charge in [-0.3, -0.25) is 4.79 Å². The van der Waals surface area contributed by atoms with Crippen LogP contribution in [0.2, 0.25) is 5.02 Å². The molecule has 0 saturated heterocycles. The van der Waals surface area contributed by atoms with E-state index in [4.69, 9.17) is 11.6 Å². The third-order valence-electron chi connectivity index (χ3n) is 4.60. The van der Waals surface area contributed by atoms with Gasteiger partial charge in [-0.2, -0.15) is 0 Å². The summed E-state index contributed by atoms with van der Waals surface area (Å²) >= 11 is 5.76. The number of aliphatic hydroxyl groups is 1. The third-order valence-corrected chi connectivity index (χ3v) is 7.14. The molecule has 1 saturated carbocycles. The van der Waals surface area contributed by atoms with E-state index in [1.165, 1.54) is 42.5 Å². The highest BCUT2D eigenvalue weighted by Gasteiger charge is 2.75. The Morgan fingerprint density at radius 1 is 1.20 bits per heavy atom. The first-order chi connectivity index (χ1) is 11.7. The molecule has 1 aliphatic rings. The lowest BCUT2D eigenvalue weighted by Crippen LogP contribution is -2.27. The summed E-state index contributed by atoms with van der Waals surface area (Å²) in [6, 6.07) is 10.4. The molecular weight excluding hydrogens is 371 g/mol. The van der Waals surface area contributed by atoms with E-state index in [1.54, 1.807) is 0 Å². The molecule has 0 heterocycles. The minimum atomic E-state index is -4.08. The molecule has 25 heavy (non-hydrogen) atoms. The average molecular weight is 385 g/mol. The summed E-state index contributed by atoms with van der Waals surface area (Å²) in [5, 5.41) is 18.2. The molecule has 0 aromatic heterocycles. The van der Waals surface area contributed by atoms with Crippen molar-refractivity contribution in [3.05, 3.63) is 64.9 Å². The number of sulfone groups is 1. The fourth-order valence-electron chi connectivity index (χ4n) is 3.31. The van der Waals surface area contributed by atoms with Crippen molar-refractivity contribution in [1.82, 2.24) is 0 Å². The van der Waals surface area contributed by atoms with Gasteiger partial charge in [0.15, 0.2) is 9.84 Å². The summed E-state index contributed by atoms with van der Waals surface area (Å²) in [5.74, 6) is -3.09. The monoisotopic (exact) mass is 384 g/mol. The van der Waals surface area contributed by atoms with Gasteiger partial charge in [0.2, 0.25) is 0 Å². The zero-order valence-electron chi connectivity index (χ0n) is 12.8. The molecule has 8 heteroatoms. The molecule has 2 aromatic carbocycles. The van der Waals surface area contributed by atoms with Gasteiger partial charge in [-0.15, -0.1) is 0 Å². The molecule has 0 amide bonds. The summed E-state index contributed by atoms with van der Waals surface area (Å²) < 4.78 is 39.4. The normalized spacial score (nSPS) is 25.6. The Morgan fingerprint density at radius 2 is 1.84 bits per heavy atom. The smallest absolute Gasteiger partial charge is 0.314 e. The van der Waals surface area contributed by atoms with Crippen LogP contribution < -0.4 is 0 Å². The first kappa shape index (κ1) is 17.8. The lowest BCUT2D eigenvalue weighted by atomic mass is 10.00. The number of hydrogen-bond acceptors (Lipinski definition) is 4. The van der Waals surface area contributed by atoms with Crippen LogP contribution in [0.5, 0.6) is 0 Å². The van der Waals surface area contributed by atoms with Gasteiger partial charge in [0.1, 0.15) is 11.2 Å². The average Bonchev–Trinajstić information content (AvgIpc) is 3.27. The van der Waals surface area contributed by atoms with Crippen LogP contribution in [-0.2, 0) is 14.6 Å². The number of carbonyl (C=O) groups is 1. The van der Waals surface area contributed by atoms with Gasteiger partial charge < -0.3 is 10.2 Å². The van der Waals surface area contributed by atoms with Crippen molar-refractivity contribution in [2.45, 2.75) is 16.1 Å². The number of aliphatic hydroxyl groups excluding tert-OH is 1. The molecule has 2 N–H and O–H groups in total.